The highest BCUT2D eigenvalue weighted by Crippen LogP contribution is 2.45. The van der Waals surface area contributed by atoms with Gasteiger partial charge in [-0.2, -0.15) is 0 Å². The number of hydrogen-bond acceptors (Lipinski definition) is 3. The van der Waals surface area contributed by atoms with Crippen LogP contribution in [0.5, 0.6) is 0 Å². The van der Waals surface area contributed by atoms with Gasteiger partial charge in [-0.15, -0.1) is 0 Å². The van der Waals surface area contributed by atoms with Gasteiger partial charge >= 0.3 is 5.97 Å². The number of rotatable bonds is 5. The van der Waals surface area contributed by atoms with E-state index >= 15 is 0 Å². The summed E-state index contributed by atoms with van der Waals surface area (Å²) in [6.45, 7) is 2.02. The van der Waals surface area contributed by atoms with E-state index in [-0.39, 0.29) is 18.3 Å². The van der Waals surface area contributed by atoms with Crippen molar-refractivity contribution in [1.82, 2.24) is 0 Å². The maximum absolute atomic E-state index is 14.2. The molecule has 5 heteroatoms. The van der Waals surface area contributed by atoms with Crippen LogP contribution in [-0.2, 0) is 14.9 Å². The number of halogens is 1. The second kappa shape index (κ2) is 7.05. The van der Waals surface area contributed by atoms with Gasteiger partial charge in [-0.05, 0) is 44.0 Å². The third-order valence-corrected chi connectivity index (χ3v) is 4.66. The van der Waals surface area contributed by atoms with Crippen LogP contribution in [0.3, 0.4) is 0 Å². The lowest BCUT2D eigenvalue weighted by molar-refractivity contribution is -0.124. The Morgan fingerprint density at radius 3 is 2.56 bits per heavy atom. The largest absolute Gasteiger partial charge is 0.462 e. The van der Waals surface area contributed by atoms with Crippen LogP contribution in [0.2, 0.25) is 0 Å². The minimum absolute atomic E-state index is 0.246. The Balaban J connectivity index is 1.83. The first-order chi connectivity index (χ1) is 12.1. The Bertz CT molecular complexity index is 799. The monoisotopic (exact) mass is 341 g/mol. The number of carbonyl (C=O) groups is 2. The summed E-state index contributed by atoms with van der Waals surface area (Å²) in [5.74, 6) is -1.05. The molecule has 130 valence electrons. The highest BCUT2D eigenvalue weighted by Gasteiger charge is 2.47. The zero-order valence-corrected chi connectivity index (χ0v) is 14.0. The number of benzene rings is 2. The van der Waals surface area contributed by atoms with Crippen LogP contribution in [0, 0.1) is 5.82 Å². The molecule has 1 N–H and O–H groups in total. The lowest BCUT2D eigenvalue weighted by Gasteiger charge is -2.40. The Hall–Kier alpha value is -2.69. The quantitative estimate of drug-likeness (QED) is 0.834. The van der Waals surface area contributed by atoms with Crippen molar-refractivity contribution in [2.75, 3.05) is 11.9 Å². The van der Waals surface area contributed by atoms with E-state index in [1.165, 1.54) is 6.07 Å². The van der Waals surface area contributed by atoms with Gasteiger partial charge in [0.25, 0.3) is 0 Å². The molecule has 3 rings (SSSR count). The normalized spacial score (nSPS) is 15.1. The van der Waals surface area contributed by atoms with Gasteiger partial charge in [0.2, 0.25) is 5.91 Å². The Labute approximate surface area is 146 Å². The van der Waals surface area contributed by atoms with E-state index in [1.807, 2.05) is 0 Å². The van der Waals surface area contributed by atoms with E-state index in [2.05, 4.69) is 5.32 Å². The molecule has 2 aromatic carbocycles. The molecule has 0 bridgehead atoms. The van der Waals surface area contributed by atoms with Crippen molar-refractivity contribution in [3.05, 3.63) is 65.5 Å². The van der Waals surface area contributed by atoms with E-state index in [9.17, 15) is 14.0 Å². The number of amides is 1. The van der Waals surface area contributed by atoms with Crippen LogP contribution in [0.1, 0.15) is 42.1 Å². The van der Waals surface area contributed by atoms with Gasteiger partial charge in [0.05, 0.1) is 17.6 Å². The second-order valence-electron chi connectivity index (χ2n) is 6.17. The fraction of sp³-hybridized carbons (Fsp3) is 0.300. The van der Waals surface area contributed by atoms with Crippen molar-refractivity contribution >= 4 is 17.6 Å². The number of ether oxygens (including phenoxy) is 1. The standard InChI is InChI=1S/C20H20FNO3/c1-2-25-18(23)14-7-5-8-15(13-14)22-19(24)20(11-6-12-20)16-9-3-4-10-17(16)21/h3-5,7-10,13H,2,6,11-12H2,1H3,(H,22,24). The third kappa shape index (κ3) is 3.27. The summed E-state index contributed by atoms with van der Waals surface area (Å²) in [5.41, 5.74) is 0.456. The molecule has 0 unspecified atom stereocenters. The predicted molar refractivity (Wildman–Crippen MR) is 93.0 cm³/mol. The average Bonchev–Trinajstić information content (AvgIpc) is 2.56. The molecule has 0 aliphatic heterocycles. The number of nitrogens with one attached hydrogen (secondary N) is 1. The van der Waals surface area contributed by atoms with Crippen molar-refractivity contribution in [2.24, 2.45) is 0 Å². The molecule has 4 nitrogen and oxygen atoms in total. The molecule has 2 aromatic rings. The van der Waals surface area contributed by atoms with Gasteiger partial charge in [0.15, 0.2) is 0 Å². The predicted octanol–water partition coefficient (Wildman–Crippen LogP) is 4.06. The molecular formula is C20H20FNO3. The minimum atomic E-state index is -0.842. The van der Waals surface area contributed by atoms with Gasteiger partial charge in [0, 0.05) is 11.3 Å². The first-order valence-corrected chi connectivity index (χ1v) is 8.40. The van der Waals surface area contributed by atoms with E-state index in [4.69, 9.17) is 4.74 Å². The lowest BCUT2D eigenvalue weighted by Crippen LogP contribution is -2.46. The third-order valence-electron chi connectivity index (χ3n) is 4.66. The number of hydrogen-bond donors (Lipinski definition) is 1. The topological polar surface area (TPSA) is 55.4 Å². The molecule has 1 amide bonds. The van der Waals surface area contributed by atoms with Crippen LogP contribution in [-0.4, -0.2) is 18.5 Å². The molecule has 0 aromatic heterocycles. The van der Waals surface area contributed by atoms with E-state index < -0.39 is 11.4 Å². The summed E-state index contributed by atoms with van der Waals surface area (Å²) in [6.07, 6.45) is 2.10. The summed E-state index contributed by atoms with van der Waals surface area (Å²) in [7, 11) is 0. The molecule has 1 aliphatic carbocycles. The molecule has 1 saturated carbocycles. The summed E-state index contributed by atoms with van der Waals surface area (Å²) >= 11 is 0. The maximum atomic E-state index is 14.2. The fourth-order valence-electron chi connectivity index (χ4n) is 3.19. The summed E-state index contributed by atoms with van der Waals surface area (Å²) < 4.78 is 19.2. The van der Waals surface area contributed by atoms with Gasteiger partial charge in [0.1, 0.15) is 5.82 Å². The molecule has 0 spiro atoms. The van der Waals surface area contributed by atoms with Crippen molar-refractivity contribution < 1.29 is 18.7 Å². The molecule has 0 heterocycles. The van der Waals surface area contributed by atoms with Gasteiger partial charge in [-0.3, -0.25) is 4.79 Å². The summed E-state index contributed by atoms with van der Waals surface area (Å²) in [6, 6.07) is 13.0. The molecule has 0 saturated heterocycles. The van der Waals surface area contributed by atoms with Crippen LogP contribution in [0.15, 0.2) is 48.5 Å². The molecule has 0 atom stereocenters. The Morgan fingerprint density at radius 1 is 1.16 bits per heavy atom. The number of esters is 1. The second-order valence-corrected chi connectivity index (χ2v) is 6.17. The van der Waals surface area contributed by atoms with E-state index in [0.717, 1.165) is 6.42 Å². The highest BCUT2D eigenvalue weighted by atomic mass is 19.1. The fourth-order valence-corrected chi connectivity index (χ4v) is 3.19. The van der Waals surface area contributed by atoms with Crippen LogP contribution >= 0.6 is 0 Å². The minimum Gasteiger partial charge on any atom is -0.462 e. The zero-order chi connectivity index (χ0) is 17.9. The summed E-state index contributed by atoms with van der Waals surface area (Å²) in [4.78, 5) is 24.7. The Morgan fingerprint density at radius 2 is 1.92 bits per heavy atom. The van der Waals surface area contributed by atoms with Crippen LogP contribution in [0.25, 0.3) is 0 Å². The van der Waals surface area contributed by atoms with Gasteiger partial charge in [-0.1, -0.05) is 30.7 Å². The van der Waals surface area contributed by atoms with Crippen molar-refractivity contribution in [3.63, 3.8) is 0 Å². The summed E-state index contributed by atoms with van der Waals surface area (Å²) in [5, 5.41) is 2.83. The van der Waals surface area contributed by atoms with Crippen molar-refractivity contribution in [3.8, 4) is 0 Å². The molecule has 0 radical (unpaired) electrons. The lowest BCUT2D eigenvalue weighted by atomic mass is 9.63. The molecule has 1 aliphatic rings. The van der Waals surface area contributed by atoms with Crippen LogP contribution in [0.4, 0.5) is 10.1 Å². The molecule has 25 heavy (non-hydrogen) atoms. The Kier molecular flexibility index (Phi) is 4.83. The number of anilines is 1. The van der Waals surface area contributed by atoms with Crippen molar-refractivity contribution in [2.45, 2.75) is 31.6 Å². The average molecular weight is 341 g/mol. The zero-order valence-electron chi connectivity index (χ0n) is 14.0. The first-order valence-electron chi connectivity index (χ1n) is 8.40. The van der Waals surface area contributed by atoms with Crippen LogP contribution < -0.4 is 5.32 Å². The first kappa shape index (κ1) is 17.1. The van der Waals surface area contributed by atoms with Gasteiger partial charge in [-0.25, -0.2) is 9.18 Å². The van der Waals surface area contributed by atoms with Gasteiger partial charge < -0.3 is 10.1 Å². The smallest absolute Gasteiger partial charge is 0.338 e. The number of carbonyl (C=O) groups excluding carboxylic acids is 2. The highest BCUT2D eigenvalue weighted by molar-refractivity contribution is 6.01. The maximum Gasteiger partial charge on any atom is 0.338 e. The van der Waals surface area contributed by atoms with E-state index in [0.29, 0.717) is 29.7 Å². The van der Waals surface area contributed by atoms with E-state index in [1.54, 1.807) is 49.4 Å². The molecular weight excluding hydrogens is 321 g/mol. The molecule has 1 fully saturated rings. The SMILES string of the molecule is CCOC(=O)c1cccc(NC(=O)C2(c3ccccc3F)CCC2)c1. The van der Waals surface area contributed by atoms with Crippen molar-refractivity contribution in [1.29, 1.82) is 0 Å².